The van der Waals surface area contributed by atoms with Gasteiger partial charge in [-0.25, -0.2) is 14.3 Å². The minimum atomic E-state index is -5.08. The minimum absolute atomic E-state index is 0.363. The van der Waals surface area contributed by atoms with Crippen molar-refractivity contribution in [2.75, 3.05) is 33.2 Å². The van der Waals surface area contributed by atoms with E-state index in [-0.39, 0.29) is 0 Å². The van der Waals surface area contributed by atoms with Crippen molar-refractivity contribution in [1.29, 1.82) is 0 Å². The molecule has 0 bridgehead atoms. The number of halogens is 3. The summed E-state index contributed by atoms with van der Waals surface area (Å²) in [6.45, 7) is 5.29. The molecule has 0 spiro atoms. The zero-order valence-corrected chi connectivity index (χ0v) is 18.3. The van der Waals surface area contributed by atoms with Gasteiger partial charge in [0.15, 0.2) is 0 Å². The molecule has 3 aromatic rings. The number of carbonyl (C=O) groups excluding carboxylic acids is 1. The topological polar surface area (TPSA) is 114 Å². The number of fused-ring (bicyclic) bond motifs is 1. The van der Waals surface area contributed by atoms with E-state index in [0.717, 1.165) is 43.8 Å². The Labute approximate surface area is 193 Å². The molecule has 1 aliphatic heterocycles. The average molecular weight is 479 g/mol. The molecule has 3 N–H and O–H groups in total. The molecule has 0 unspecified atom stereocenters. The fourth-order valence-corrected chi connectivity index (χ4v) is 3.47. The van der Waals surface area contributed by atoms with Crippen molar-refractivity contribution in [2.45, 2.75) is 12.7 Å². The quantitative estimate of drug-likeness (QED) is 0.549. The molecule has 2 aromatic carbocycles. The van der Waals surface area contributed by atoms with Crippen molar-refractivity contribution >= 4 is 22.8 Å². The maximum absolute atomic E-state index is 11.9. The van der Waals surface area contributed by atoms with E-state index in [1.165, 1.54) is 5.56 Å². The highest BCUT2D eigenvalue weighted by Crippen LogP contribution is 2.21. The summed E-state index contributed by atoms with van der Waals surface area (Å²) in [4.78, 5) is 30.0. The number of hydrogen-bond donors (Lipinski definition) is 2. The van der Waals surface area contributed by atoms with Gasteiger partial charge in [-0.3, -0.25) is 4.90 Å². The molecule has 0 atom stereocenters. The Kier molecular flexibility index (Phi) is 7.87. The van der Waals surface area contributed by atoms with Crippen LogP contribution in [0.1, 0.15) is 15.9 Å². The molecule has 1 aromatic heterocycles. The normalized spacial score (nSPS) is 15.0. The fourth-order valence-electron chi connectivity index (χ4n) is 3.47. The molecule has 0 aliphatic carbocycles. The Bertz CT molecular complexity index is 1160. The Morgan fingerprint density at radius 1 is 1.12 bits per heavy atom. The summed E-state index contributed by atoms with van der Waals surface area (Å²) in [5.74, 6) is 1.69. The van der Waals surface area contributed by atoms with Gasteiger partial charge in [-0.05, 0) is 30.8 Å². The summed E-state index contributed by atoms with van der Waals surface area (Å²) < 4.78 is 33.5. The van der Waals surface area contributed by atoms with Gasteiger partial charge in [0.1, 0.15) is 5.52 Å². The molecular formula is C22H24F3N5O4. The van der Waals surface area contributed by atoms with Crippen molar-refractivity contribution in [2.24, 2.45) is 5.90 Å². The van der Waals surface area contributed by atoms with Crippen molar-refractivity contribution in [3.05, 3.63) is 59.8 Å². The molecule has 0 radical (unpaired) electrons. The number of aromatic nitrogens is 2. The summed E-state index contributed by atoms with van der Waals surface area (Å²) in [7, 11) is 2.16. The van der Waals surface area contributed by atoms with E-state index in [1.54, 1.807) is 16.8 Å². The number of alkyl halides is 3. The van der Waals surface area contributed by atoms with Gasteiger partial charge in [0.2, 0.25) is 0 Å². The number of rotatable bonds is 4. The minimum Gasteiger partial charge on any atom is -0.475 e. The number of nitrogens with zero attached hydrogens (tertiary/aromatic N) is 4. The molecule has 0 saturated carbocycles. The first kappa shape index (κ1) is 25.1. The molecule has 1 fully saturated rings. The first-order valence-electron chi connectivity index (χ1n) is 10.3. The standard InChI is InChI=1S/C20H23N5O2.C2HF3O2/c1-23-8-10-24(11-9-23)13-15-4-2-6-17(12-15)25-14-16-5-3-7-18(19(16)22-25)20(26)27-21;3-2(4,5)1(6)7/h2-7,12,14H,8-11,13,21H2,1H3;(H,6,7). The van der Waals surface area contributed by atoms with Crippen LogP contribution in [0.5, 0.6) is 0 Å². The number of carboxylic acid groups (broad SMARTS) is 1. The second-order valence-electron chi connectivity index (χ2n) is 7.77. The highest BCUT2D eigenvalue weighted by Gasteiger charge is 2.38. The number of carboxylic acids is 1. The van der Waals surface area contributed by atoms with E-state index < -0.39 is 18.1 Å². The van der Waals surface area contributed by atoms with Crippen LogP contribution in [0.4, 0.5) is 13.2 Å². The van der Waals surface area contributed by atoms with E-state index in [4.69, 9.17) is 15.8 Å². The lowest BCUT2D eigenvalue weighted by atomic mass is 10.1. The van der Waals surface area contributed by atoms with Crippen molar-refractivity contribution in [3.63, 3.8) is 0 Å². The van der Waals surface area contributed by atoms with E-state index in [0.29, 0.717) is 11.1 Å². The van der Waals surface area contributed by atoms with Gasteiger partial charge < -0.3 is 14.8 Å². The Hall–Kier alpha value is -3.48. The molecular weight excluding hydrogens is 455 g/mol. The first-order chi connectivity index (χ1) is 16.1. The van der Waals surface area contributed by atoms with Crippen LogP contribution in [0.3, 0.4) is 0 Å². The molecule has 12 heteroatoms. The largest absolute Gasteiger partial charge is 0.490 e. The lowest BCUT2D eigenvalue weighted by Gasteiger charge is -2.32. The number of benzene rings is 2. The summed E-state index contributed by atoms with van der Waals surface area (Å²) in [6, 6.07) is 13.7. The fraction of sp³-hybridized carbons (Fsp3) is 0.318. The van der Waals surface area contributed by atoms with Crippen LogP contribution in [-0.2, 0) is 16.2 Å². The van der Waals surface area contributed by atoms with Gasteiger partial charge in [-0.2, -0.15) is 24.2 Å². The lowest BCUT2D eigenvalue weighted by molar-refractivity contribution is -0.192. The summed E-state index contributed by atoms with van der Waals surface area (Å²) in [5.41, 5.74) is 3.16. The van der Waals surface area contributed by atoms with Crippen LogP contribution < -0.4 is 5.90 Å². The summed E-state index contributed by atoms with van der Waals surface area (Å²) in [6.07, 6.45) is -3.17. The molecule has 34 heavy (non-hydrogen) atoms. The number of likely N-dealkylation sites (N-methyl/N-ethyl adjacent to an activating group) is 1. The van der Waals surface area contributed by atoms with Crippen LogP contribution in [-0.4, -0.2) is 76.0 Å². The predicted molar refractivity (Wildman–Crippen MR) is 117 cm³/mol. The number of aliphatic carboxylic acids is 1. The number of carbonyl (C=O) groups is 2. The van der Waals surface area contributed by atoms with E-state index in [9.17, 15) is 18.0 Å². The molecule has 182 valence electrons. The Morgan fingerprint density at radius 3 is 2.38 bits per heavy atom. The third-order valence-electron chi connectivity index (χ3n) is 5.28. The number of nitrogens with two attached hydrogens (primary N) is 1. The Balaban J connectivity index is 0.000000406. The molecule has 9 nitrogen and oxygen atoms in total. The van der Waals surface area contributed by atoms with Gasteiger partial charge in [0, 0.05) is 44.3 Å². The lowest BCUT2D eigenvalue weighted by Crippen LogP contribution is -2.43. The molecule has 0 amide bonds. The van der Waals surface area contributed by atoms with Crippen molar-refractivity contribution in [3.8, 4) is 5.69 Å². The highest BCUT2D eigenvalue weighted by atomic mass is 19.4. The second-order valence-corrected chi connectivity index (χ2v) is 7.77. The monoisotopic (exact) mass is 479 g/mol. The zero-order valence-electron chi connectivity index (χ0n) is 18.3. The van der Waals surface area contributed by atoms with Crippen LogP contribution in [0.25, 0.3) is 16.6 Å². The molecule has 1 saturated heterocycles. The first-order valence-corrected chi connectivity index (χ1v) is 10.3. The molecule has 4 rings (SSSR count). The maximum Gasteiger partial charge on any atom is 0.490 e. The smallest absolute Gasteiger partial charge is 0.475 e. The van der Waals surface area contributed by atoms with Crippen LogP contribution >= 0.6 is 0 Å². The zero-order chi connectivity index (χ0) is 24.9. The average Bonchev–Trinajstić information content (AvgIpc) is 3.25. The van der Waals surface area contributed by atoms with E-state index in [1.807, 2.05) is 24.4 Å². The van der Waals surface area contributed by atoms with Gasteiger partial charge in [-0.15, -0.1) is 0 Å². The number of hydrogen-bond acceptors (Lipinski definition) is 7. The molecule has 1 aliphatic rings. The van der Waals surface area contributed by atoms with Crippen molar-refractivity contribution in [1.82, 2.24) is 19.6 Å². The maximum atomic E-state index is 11.9. The van der Waals surface area contributed by atoms with E-state index >= 15 is 0 Å². The highest BCUT2D eigenvalue weighted by molar-refractivity contribution is 6.02. The predicted octanol–water partition coefficient (Wildman–Crippen LogP) is 2.44. The number of piperazine rings is 1. The third-order valence-corrected chi connectivity index (χ3v) is 5.28. The summed E-state index contributed by atoms with van der Waals surface area (Å²) in [5, 5.41) is 12.6. The van der Waals surface area contributed by atoms with Gasteiger partial charge in [0.05, 0.1) is 11.3 Å². The van der Waals surface area contributed by atoms with Gasteiger partial charge in [0.25, 0.3) is 0 Å². The molecule has 2 heterocycles. The third kappa shape index (κ3) is 6.31. The van der Waals surface area contributed by atoms with E-state index in [2.05, 4.69) is 38.9 Å². The van der Waals surface area contributed by atoms with Crippen LogP contribution in [0.2, 0.25) is 0 Å². The SMILES string of the molecule is CN1CCN(Cc2cccc(-n3cc4cccc(C(=O)ON)c4n3)c2)CC1.O=C(O)C(F)(F)F. The van der Waals surface area contributed by atoms with Crippen molar-refractivity contribution < 1.29 is 32.7 Å². The second kappa shape index (κ2) is 10.6. The van der Waals surface area contributed by atoms with Crippen LogP contribution in [0, 0.1) is 0 Å². The Morgan fingerprint density at radius 2 is 1.76 bits per heavy atom. The van der Waals surface area contributed by atoms with Gasteiger partial charge >= 0.3 is 18.1 Å². The van der Waals surface area contributed by atoms with Gasteiger partial charge in [-0.1, -0.05) is 24.3 Å². The van der Waals surface area contributed by atoms with Crippen LogP contribution in [0.15, 0.2) is 48.7 Å². The summed E-state index contributed by atoms with van der Waals surface area (Å²) >= 11 is 0.